The van der Waals surface area contributed by atoms with Crippen LogP contribution in [-0.2, 0) is 6.42 Å². The van der Waals surface area contributed by atoms with Gasteiger partial charge in [0.15, 0.2) is 0 Å². The van der Waals surface area contributed by atoms with Gasteiger partial charge in [0.05, 0.1) is 0 Å². The molecule has 0 fully saturated rings. The Morgan fingerprint density at radius 2 is 1.50 bits per heavy atom. The Morgan fingerprint density at radius 1 is 0.889 bits per heavy atom. The second kappa shape index (κ2) is 9.19. The van der Waals surface area contributed by atoms with E-state index in [-0.39, 0.29) is 0 Å². The minimum absolute atomic E-state index is 1.21. The Morgan fingerprint density at radius 3 is 2.17 bits per heavy atom. The molecular formula is C18H29. The molecule has 0 aliphatic carbocycles. The molecule has 1 aromatic rings. The summed E-state index contributed by atoms with van der Waals surface area (Å²) in [5.74, 6) is 0. The fourth-order valence-corrected chi connectivity index (χ4v) is 2.43. The van der Waals surface area contributed by atoms with Crippen LogP contribution in [0.2, 0.25) is 0 Å². The van der Waals surface area contributed by atoms with Crippen molar-refractivity contribution in [1.82, 2.24) is 0 Å². The van der Waals surface area contributed by atoms with Crippen LogP contribution in [0.3, 0.4) is 0 Å². The molecule has 0 saturated carbocycles. The molecular weight excluding hydrogens is 216 g/mol. The van der Waals surface area contributed by atoms with E-state index >= 15 is 0 Å². The molecule has 0 heterocycles. The first-order chi connectivity index (χ1) is 8.75. The maximum atomic E-state index is 3.40. The minimum atomic E-state index is 1.21. The zero-order chi connectivity index (χ0) is 13.2. The van der Waals surface area contributed by atoms with Crippen molar-refractivity contribution in [2.45, 2.75) is 78.6 Å². The van der Waals surface area contributed by atoms with Gasteiger partial charge >= 0.3 is 0 Å². The molecule has 1 aromatic carbocycles. The molecule has 0 aromatic heterocycles. The van der Waals surface area contributed by atoms with E-state index in [0.29, 0.717) is 0 Å². The van der Waals surface area contributed by atoms with E-state index in [1.54, 1.807) is 0 Å². The quantitative estimate of drug-likeness (QED) is 0.483. The van der Waals surface area contributed by atoms with Crippen LogP contribution in [0.1, 0.15) is 75.0 Å². The number of rotatable bonds is 9. The molecule has 1 radical (unpaired) electrons. The van der Waals surface area contributed by atoms with Crippen molar-refractivity contribution >= 4 is 0 Å². The Hall–Kier alpha value is -0.780. The number of hydrogen-bond acceptors (Lipinski definition) is 0. The second-order valence-electron chi connectivity index (χ2n) is 5.49. The van der Waals surface area contributed by atoms with E-state index < -0.39 is 0 Å². The minimum Gasteiger partial charge on any atom is -0.0654 e. The van der Waals surface area contributed by atoms with Gasteiger partial charge in [0.25, 0.3) is 0 Å². The lowest BCUT2D eigenvalue weighted by Gasteiger charge is -2.07. The highest BCUT2D eigenvalue weighted by Crippen LogP contribution is 2.16. The summed E-state index contributed by atoms with van der Waals surface area (Å²) in [5.41, 5.74) is 4.28. The van der Waals surface area contributed by atoms with Gasteiger partial charge in [-0.05, 0) is 49.4 Å². The van der Waals surface area contributed by atoms with E-state index in [1.165, 1.54) is 74.5 Å². The van der Waals surface area contributed by atoms with Gasteiger partial charge in [-0.15, -0.1) is 0 Å². The summed E-state index contributed by atoms with van der Waals surface area (Å²) in [6.45, 7) is 6.70. The summed E-state index contributed by atoms with van der Waals surface area (Å²) in [5, 5.41) is 0. The third-order valence-corrected chi connectivity index (χ3v) is 3.92. The zero-order valence-electron chi connectivity index (χ0n) is 12.5. The van der Waals surface area contributed by atoms with Crippen molar-refractivity contribution in [2.24, 2.45) is 0 Å². The SMILES string of the molecule is CCCCCCCCCCc1[c]ccc(C)c1C. The van der Waals surface area contributed by atoms with Crippen LogP contribution in [-0.4, -0.2) is 0 Å². The van der Waals surface area contributed by atoms with Gasteiger partial charge in [0.2, 0.25) is 0 Å². The number of benzene rings is 1. The first-order valence-corrected chi connectivity index (χ1v) is 7.72. The van der Waals surface area contributed by atoms with Crippen molar-refractivity contribution in [2.75, 3.05) is 0 Å². The largest absolute Gasteiger partial charge is 0.0654 e. The summed E-state index contributed by atoms with van der Waals surface area (Å²) in [6, 6.07) is 7.63. The van der Waals surface area contributed by atoms with Gasteiger partial charge in [-0.2, -0.15) is 0 Å². The summed E-state index contributed by atoms with van der Waals surface area (Å²) in [7, 11) is 0. The predicted molar refractivity (Wildman–Crippen MR) is 81.1 cm³/mol. The predicted octanol–water partition coefficient (Wildman–Crippen LogP) is 5.79. The molecule has 0 heteroatoms. The maximum Gasteiger partial charge on any atom is -0.0146 e. The normalized spacial score (nSPS) is 10.8. The van der Waals surface area contributed by atoms with Crippen LogP contribution in [0, 0.1) is 19.9 Å². The summed E-state index contributed by atoms with van der Waals surface area (Å²) >= 11 is 0. The Bertz CT molecular complexity index is 325. The Kier molecular flexibility index (Phi) is 7.80. The molecule has 18 heavy (non-hydrogen) atoms. The van der Waals surface area contributed by atoms with Crippen LogP contribution in [0.15, 0.2) is 12.1 Å². The van der Waals surface area contributed by atoms with Crippen LogP contribution >= 0.6 is 0 Å². The van der Waals surface area contributed by atoms with Gasteiger partial charge < -0.3 is 0 Å². The van der Waals surface area contributed by atoms with Crippen molar-refractivity contribution in [3.63, 3.8) is 0 Å². The lowest BCUT2D eigenvalue weighted by atomic mass is 9.98. The maximum absolute atomic E-state index is 3.40. The lowest BCUT2D eigenvalue weighted by molar-refractivity contribution is 0.575. The van der Waals surface area contributed by atoms with E-state index in [1.807, 2.05) is 0 Å². The fourth-order valence-electron chi connectivity index (χ4n) is 2.43. The van der Waals surface area contributed by atoms with Gasteiger partial charge in [-0.25, -0.2) is 0 Å². The summed E-state index contributed by atoms with van der Waals surface area (Å²) < 4.78 is 0. The fraction of sp³-hybridized carbons (Fsp3) is 0.667. The van der Waals surface area contributed by atoms with Gasteiger partial charge in [0, 0.05) is 0 Å². The molecule has 0 aliphatic heterocycles. The molecule has 0 aliphatic rings. The highest BCUT2D eigenvalue weighted by Gasteiger charge is 2.00. The smallest absolute Gasteiger partial charge is 0.0146 e. The average molecular weight is 245 g/mol. The van der Waals surface area contributed by atoms with Crippen molar-refractivity contribution in [3.8, 4) is 0 Å². The third kappa shape index (κ3) is 5.71. The Labute approximate surface area is 114 Å². The highest BCUT2D eigenvalue weighted by atomic mass is 14.1. The lowest BCUT2D eigenvalue weighted by Crippen LogP contribution is -1.93. The van der Waals surface area contributed by atoms with Crippen molar-refractivity contribution < 1.29 is 0 Å². The first-order valence-electron chi connectivity index (χ1n) is 7.72. The van der Waals surface area contributed by atoms with Crippen LogP contribution in [0.25, 0.3) is 0 Å². The van der Waals surface area contributed by atoms with Gasteiger partial charge in [0.1, 0.15) is 0 Å². The van der Waals surface area contributed by atoms with Gasteiger partial charge in [-0.3, -0.25) is 0 Å². The topological polar surface area (TPSA) is 0 Å². The molecule has 0 nitrogen and oxygen atoms in total. The Balaban J connectivity index is 2.09. The second-order valence-corrected chi connectivity index (χ2v) is 5.49. The molecule has 0 spiro atoms. The molecule has 0 bridgehead atoms. The van der Waals surface area contributed by atoms with E-state index in [4.69, 9.17) is 0 Å². The summed E-state index contributed by atoms with van der Waals surface area (Å²) in [4.78, 5) is 0. The van der Waals surface area contributed by atoms with E-state index in [2.05, 4.69) is 39.0 Å². The monoisotopic (exact) mass is 245 g/mol. The molecule has 0 atom stereocenters. The molecule has 0 amide bonds. The van der Waals surface area contributed by atoms with Crippen LogP contribution in [0.4, 0.5) is 0 Å². The third-order valence-electron chi connectivity index (χ3n) is 3.92. The van der Waals surface area contributed by atoms with E-state index in [9.17, 15) is 0 Å². The van der Waals surface area contributed by atoms with E-state index in [0.717, 1.165) is 0 Å². The summed E-state index contributed by atoms with van der Waals surface area (Å²) in [6.07, 6.45) is 12.4. The molecule has 0 unspecified atom stereocenters. The molecule has 0 N–H and O–H groups in total. The zero-order valence-corrected chi connectivity index (χ0v) is 12.5. The van der Waals surface area contributed by atoms with Crippen LogP contribution < -0.4 is 0 Å². The van der Waals surface area contributed by atoms with Crippen LogP contribution in [0.5, 0.6) is 0 Å². The number of aryl methyl sites for hydroxylation is 2. The molecule has 0 saturated heterocycles. The molecule has 1 rings (SSSR count). The molecule has 101 valence electrons. The van der Waals surface area contributed by atoms with Crippen molar-refractivity contribution in [1.29, 1.82) is 0 Å². The van der Waals surface area contributed by atoms with Crippen molar-refractivity contribution in [3.05, 3.63) is 34.9 Å². The number of unbranched alkanes of at least 4 members (excludes halogenated alkanes) is 7. The average Bonchev–Trinajstić information content (AvgIpc) is 2.37. The number of hydrogen-bond donors (Lipinski definition) is 0. The standard InChI is InChI=1S/C18H29/c1-4-5-6-7-8-9-10-11-14-18-15-12-13-16(2)17(18)3/h12-13H,4-11,14H2,1-3H3. The first kappa shape index (κ1) is 15.3. The van der Waals surface area contributed by atoms with Gasteiger partial charge in [-0.1, -0.05) is 64.0 Å². The highest BCUT2D eigenvalue weighted by molar-refractivity contribution is 5.32.